The molecule has 0 aliphatic heterocycles. The zero-order valence-electron chi connectivity index (χ0n) is 8.90. The second-order valence-electron chi connectivity index (χ2n) is 3.31. The Bertz CT molecular complexity index is 538. The van der Waals surface area contributed by atoms with E-state index >= 15 is 0 Å². The predicted molar refractivity (Wildman–Crippen MR) is 64.6 cm³/mol. The van der Waals surface area contributed by atoms with Crippen molar-refractivity contribution in [1.29, 1.82) is 0 Å². The van der Waals surface area contributed by atoms with Gasteiger partial charge in [-0.1, -0.05) is 12.1 Å². The van der Waals surface area contributed by atoms with Crippen LogP contribution in [0, 0.1) is 5.82 Å². The van der Waals surface area contributed by atoms with Crippen LogP contribution in [-0.2, 0) is 5.75 Å². The molecule has 0 unspecified atom stereocenters. The van der Waals surface area contributed by atoms with Gasteiger partial charge in [0.15, 0.2) is 11.6 Å². The molecule has 0 aliphatic rings. The van der Waals surface area contributed by atoms with Gasteiger partial charge in [0.2, 0.25) is 0 Å². The highest BCUT2D eigenvalue weighted by molar-refractivity contribution is 7.98. The Balaban J connectivity index is 1.77. The van der Waals surface area contributed by atoms with Crippen LogP contribution in [0.2, 0.25) is 0 Å². The molecule has 2 N–H and O–H groups in total. The zero-order valence-corrected chi connectivity index (χ0v) is 9.72. The van der Waals surface area contributed by atoms with Gasteiger partial charge in [-0.2, -0.15) is 0 Å². The molecule has 0 saturated carbocycles. The van der Waals surface area contributed by atoms with Crippen LogP contribution in [0.4, 0.5) is 4.39 Å². The lowest BCUT2D eigenvalue weighted by molar-refractivity contribution is 0.368. The van der Waals surface area contributed by atoms with Gasteiger partial charge in [0.25, 0.3) is 0 Å². The van der Waals surface area contributed by atoms with Gasteiger partial charge in [0.1, 0.15) is 5.94 Å². The number of hydrogen-bond acceptors (Lipinski definition) is 3. The summed E-state index contributed by atoms with van der Waals surface area (Å²) in [6.45, 7) is 0. The minimum atomic E-state index is -0.372. The Morgan fingerprint density at radius 2 is 2.18 bits per heavy atom. The summed E-state index contributed by atoms with van der Waals surface area (Å²) in [4.78, 5) is 15.9. The van der Waals surface area contributed by atoms with E-state index in [0.29, 0.717) is 11.7 Å². The van der Waals surface area contributed by atoms with Gasteiger partial charge >= 0.3 is 5.69 Å². The monoisotopic (exact) mass is 254 g/mol. The van der Waals surface area contributed by atoms with E-state index in [9.17, 15) is 9.18 Å². The highest BCUT2D eigenvalue weighted by Crippen LogP contribution is 2.18. The van der Waals surface area contributed by atoms with E-state index < -0.39 is 0 Å². The molecule has 0 atom stereocenters. The molecule has 1 heterocycles. The van der Waals surface area contributed by atoms with Gasteiger partial charge in [-0.25, -0.2) is 9.18 Å². The molecule has 0 saturated heterocycles. The van der Waals surface area contributed by atoms with E-state index in [0.717, 1.165) is 5.69 Å². The normalized spacial score (nSPS) is 10.4. The first-order valence-electron chi connectivity index (χ1n) is 4.97. The van der Waals surface area contributed by atoms with E-state index in [1.807, 2.05) is 0 Å². The van der Waals surface area contributed by atoms with Crippen molar-refractivity contribution in [2.75, 3.05) is 5.94 Å². The summed E-state index contributed by atoms with van der Waals surface area (Å²) in [5, 5.41) is 0. The summed E-state index contributed by atoms with van der Waals surface area (Å²) in [5.41, 5.74) is 0.563. The van der Waals surface area contributed by atoms with Gasteiger partial charge in [0.05, 0.1) is 0 Å². The number of nitrogens with one attached hydrogen (secondary N) is 2. The third-order valence-electron chi connectivity index (χ3n) is 2.04. The fraction of sp³-hybridized carbons (Fsp3) is 0.182. The largest absolute Gasteiger partial charge is 0.480 e. The fourth-order valence-electron chi connectivity index (χ4n) is 1.27. The summed E-state index contributed by atoms with van der Waals surface area (Å²) in [5.74, 6) is 0.798. The molecule has 0 radical (unpaired) electrons. The number of aromatic nitrogens is 2. The van der Waals surface area contributed by atoms with Crippen LogP contribution < -0.4 is 10.4 Å². The summed E-state index contributed by atoms with van der Waals surface area (Å²) in [6, 6.07) is 6.25. The van der Waals surface area contributed by atoms with Crippen molar-refractivity contribution >= 4 is 11.8 Å². The fourth-order valence-corrected chi connectivity index (χ4v) is 1.94. The summed E-state index contributed by atoms with van der Waals surface area (Å²) >= 11 is 1.44. The lowest BCUT2D eigenvalue weighted by Crippen LogP contribution is -2.01. The van der Waals surface area contributed by atoms with E-state index in [1.165, 1.54) is 17.8 Å². The number of imidazole rings is 1. The van der Waals surface area contributed by atoms with Crippen LogP contribution in [0.25, 0.3) is 0 Å². The van der Waals surface area contributed by atoms with Crippen LogP contribution in [0.15, 0.2) is 35.3 Å². The van der Waals surface area contributed by atoms with Gasteiger partial charge in [-0.3, -0.25) is 0 Å². The summed E-state index contributed by atoms with van der Waals surface area (Å²) < 4.78 is 18.4. The highest BCUT2D eigenvalue weighted by Gasteiger charge is 2.01. The van der Waals surface area contributed by atoms with Gasteiger partial charge < -0.3 is 14.7 Å². The molecule has 1 aromatic carbocycles. The summed E-state index contributed by atoms with van der Waals surface area (Å²) in [7, 11) is 0. The predicted octanol–water partition coefficient (Wildman–Crippen LogP) is 2.11. The molecule has 0 bridgehead atoms. The third-order valence-corrected chi connectivity index (χ3v) is 2.84. The molecule has 6 heteroatoms. The van der Waals surface area contributed by atoms with E-state index in [4.69, 9.17) is 4.74 Å². The highest BCUT2D eigenvalue weighted by atomic mass is 32.2. The van der Waals surface area contributed by atoms with E-state index in [2.05, 4.69) is 9.97 Å². The average Bonchev–Trinajstić information content (AvgIpc) is 2.73. The van der Waals surface area contributed by atoms with Crippen molar-refractivity contribution in [3.05, 3.63) is 52.5 Å². The van der Waals surface area contributed by atoms with Crippen molar-refractivity contribution in [1.82, 2.24) is 9.97 Å². The number of benzene rings is 1. The second-order valence-corrected chi connectivity index (χ2v) is 4.24. The molecule has 1 aromatic heterocycles. The maximum atomic E-state index is 13.2. The first-order chi connectivity index (χ1) is 8.25. The van der Waals surface area contributed by atoms with E-state index in [1.54, 1.807) is 24.4 Å². The first-order valence-corrected chi connectivity index (χ1v) is 6.13. The molecule has 0 amide bonds. The smallest absolute Gasteiger partial charge is 0.323 e. The number of halogens is 1. The average molecular weight is 254 g/mol. The summed E-state index contributed by atoms with van der Waals surface area (Å²) in [6.07, 6.45) is 1.61. The van der Waals surface area contributed by atoms with Crippen molar-refractivity contribution in [2.24, 2.45) is 0 Å². The molecule has 2 rings (SSSR count). The SMILES string of the molecule is O=c1[nH]cc(CSCOc2ccccc2F)[nH]1. The minimum Gasteiger partial charge on any atom is -0.480 e. The molecular weight excluding hydrogens is 243 g/mol. The molecule has 0 spiro atoms. The molecule has 90 valence electrons. The molecule has 17 heavy (non-hydrogen) atoms. The topological polar surface area (TPSA) is 57.9 Å². The Kier molecular flexibility index (Phi) is 3.87. The van der Waals surface area contributed by atoms with Crippen LogP contribution in [0.5, 0.6) is 5.75 Å². The first kappa shape index (κ1) is 11.8. The molecule has 0 aliphatic carbocycles. The quantitative estimate of drug-likeness (QED) is 0.634. The Morgan fingerprint density at radius 3 is 2.88 bits per heavy atom. The molecular formula is C11H11FN2O2S. The van der Waals surface area contributed by atoms with Gasteiger partial charge in [-0.15, -0.1) is 11.8 Å². The standard InChI is InChI=1S/C11H11FN2O2S/c12-9-3-1-2-4-10(9)16-7-17-6-8-5-13-11(15)14-8/h1-5H,6-7H2,(H2,13,14,15). The number of hydrogen-bond donors (Lipinski definition) is 2. The molecule has 4 nitrogen and oxygen atoms in total. The maximum Gasteiger partial charge on any atom is 0.323 e. The Hall–Kier alpha value is -1.69. The molecule has 0 fully saturated rings. The van der Waals surface area contributed by atoms with Crippen LogP contribution in [0.3, 0.4) is 0 Å². The van der Waals surface area contributed by atoms with Crippen LogP contribution in [0.1, 0.15) is 5.69 Å². The number of ether oxygens (including phenoxy) is 1. The van der Waals surface area contributed by atoms with Crippen LogP contribution in [-0.4, -0.2) is 15.9 Å². The lowest BCUT2D eigenvalue weighted by Gasteiger charge is -2.05. The van der Waals surface area contributed by atoms with Gasteiger partial charge in [0, 0.05) is 17.6 Å². The van der Waals surface area contributed by atoms with Crippen molar-refractivity contribution in [3.63, 3.8) is 0 Å². The second kappa shape index (κ2) is 5.58. The number of rotatable bonds is 5. The number of para-hydroxylation sites is 1. The van der Waals surface area contributed by atoms with Crippen molar-refractivity contribution in [2.45, 2.75) is 5.75 Å². The maximum absolute atomic E-state index is 13.2. The van der Waals surface area contributed by atoms with Gasteiger partial charge in [-0.05, 0) is 12.1 Å². The Labute approximate surface area is 101 Å². The lowest BCUT2D eigenvalue weighted by atomic mass is 10.3. The number of H-pyrrole nitrogens is 2. The number of aromatic amines is 2. The zero-order chi connectivity index (χ0) is 12.1. The van der Waals surface area contributed by atoms with Crippen LogP contribution >= 0.6 is 11.8 Å². The minimum absolute atomic E-state index is 0.226. The van der Waals surface area contributed by atoms with Crippen molar-refractivity contribution in [3.8, 4) is 5.75 Å². The van der Waals surface area contributed by atoms with Crippen molar-refractivity contribution < 1.29 is 9.13 Å². The third kappa shape index (κ3) is 3.39. The Morgan fingerprint density at radius 1 is 1.35 bits per heavy atom. The molecule has 2 aromatic rings. The van der Waals surface area contributed by atoms with E-state index in [-0.39, 0.29) is 17.3 Å². The number of thioether (sulfide) groups is 1.